The number of thioether (sulfide) groups is 1. The van der Waals surface area contributed by atoms with Crippen molar-refractivity contribution >= 4 is 41.4 Å². The minimum atomic E-state index is -1.29. The number of hydrogen-bond acceptors (Lipinski definition) is 9. The highest BCUT2D eigenvalue weighted by Gasteiger charge is 2.30. The highest BCUT2D eigenvalue weighted by Crippen LogP contribution is 2.12. The SMILES string of the molecule is CSCCC(NC(=O)C(N)CC(N)=O)C(=O)NC(CCCCN)C(=O)NC(Cc1ccc(O)cc1)C(=O)O. The van der Waals surface area contributed by atoms with Gasteiger partial charge in [0, 0.05) is 6.42 Å². The van der Waals surface area contributed by atoms with E-state index in [0.29, 0.717) is 30.7 Å². The standard InChI is InChI=1S/C24H38N6O7S/c1-38-11-9-18(28-21(33)16(26)13-20(27)32)23(35)29-17(4-2-3-10-25)22(34)30-19(24(36)37)12-14-5-7-15(31)8-6-14/h5-8,16-19,31H,2-4,9-13,25-26H2,1H3,(H2,27,32)(H,28,33)(H,29,35)(H,30,34)(H,36,37). The molecule has 0 aromatic heterocycles. The molecule has 0 heterocycles. The Morgan fingerprint density at radius 1 is 0.895 bits per heavy atom. The van der Waals surface area contributed by atoms with Gasteiger partial charge in [0.1, 0.15) is 23.9 Å². The van der Waals surface area contributed by atoms with Crippen LogP contribution in [0.15, 0.2) is 24.3 Å². The Morgan fingerprint density at radius 3 is 1.97 bits per heavy atom. The molecule has 1 aromatic carbocycles. The van der Waals surface area contributed by atoms with Gasteiger partial charge in [-0.15, -0.1) is 0 Å². The molecule has 4 unspecified atom stereocenters. The van der Waals surface area contributed by atoms with Crippen LogP contribution in [0.1, 0.15) is 37.7 Å². The van der Waals surface area contributed by atoms with E-state index >= 15 is 0 Å². The van der Waals surface area contributed by atoms with Crippen molar-refractivity contribution in [2.75, 3.05) is 18.6 Å². The number of primary amides is 1. The summed E-state index contributed by atoms with van der Waals surface area (Å²) in [5.41, 5.74) is 16.9. The molecular weight excluding hydrogens is 516 g/mol. The van der Waals surface area contributed by atoms with Gasteiger partial charge < -0.3 is 43.4 Å². The van der Waals surface area contributed by atoms with Crippen molar-refractivity contribution in [1.29, 1.82) is 0 Å². The number of nitrogens with one attached hydrogen (secondary N) is 3. The average Bonchev–Trinajstić information content (AvgIpc) is 2.85. The first-order valence-electron chi connectivity index (χ1n) is 12.1. The predicted molar refractivity (Wildman–Crippen MR) is 143 cm³/mol. The molecule has 1 aromatic rings. The third kappa shape index (κ3) is 12.3. The molecule has 0 saturated carbocycles. The number of carboxylic acid groups (broad SMARTS) is 1. The van der Waals surface area contributed by atoms with Crippen molar-refractivity contribution in [2.24, 2.45) is 17.2 Å². The second kappa shape index (κ2) is 17.2. The first kappa shape index (κ1) is 32.7. The van der Waals surface area contributed by atoms with Crippen LogP contribution in [0.4, 0.5) is 0 Å². The van der Waals surface area contributed by atoms with Gasteiger partial charge in [-0.2, -0.15) is 11.8 Å². The van der Waals surface area contributed by atoms with Crippen LogP contribution in [0, 0.1) is 0 Å². The first-order valence-corrected chi connectivity index (χ1v) is 13.5. The molecule has 13 nitrogen and oxygen atoms in total. The molecule has 0 saturated heterocycles. The zero-order valence-electron chi connectivity index (χ0n) is 21.4. The summed E-state index contributed by atoms with van der Waals surface area (Å²) in [4.78, 5) is 61.5. The molecule has 0 aliphatic rings. The summed E-state index contributed by atoms with van der Waals surface area (Å²) in [6.07, 6.45) is 2.83. The molecule has 0 bridgehead atoms. The van der Waals surface area contributed by atoms with Crippen molar-refractivity contribution in [3.63, 3.8) is 0 Å². The van der Waals surface area contributed by atoms with E-state index in [1.165, 1.54) is 23.9 Å². The Morgan fingerprint density at radius 2 is 1.45 bits per heavy atom. The first-order chi connectivity index (χ1) is 18.0. The number of phenols is 1. The van der Waals surface area contributed by atoms with Crippen molar-refractivity contribution in [2.45, 2.75) is 62.7 Å². The normalized spacial score (nSPS) is 14.0. The fourth-order valence-electron chi connectivity index (χ4n) is 3.47. The molecule has 1 rings (SSSR count). The molecule has 11 N–H and O–H groups in total. The fourth-order valence-corrected chi connectivity index (χ4v) is 3.94. The van der Waals surface area contributed by atoms with Gasteiger partial charge in [0.15, 0.2) is 0 Å². The third-order valence-electron chi connectivity index (χ3n) is 5.57. The van der Waals surface area contributed by atoms with E-state index in [1.54, 1.807) is 12.1 Å². The molecule has 4 atom stereocenters. The minimum Gasteiger partial charge on any atom is -0.508 e. The maximum absolute atomic E-state index is 13.1. The van der Waals surface area contributed by atoms with Crippen LogP contribution in [-0.2, 0) is 30.4 Å². The maximum atomic E-state index is 13.1. The van der Waals surface area contributed by atoms with E-state index < -0.39 is 60.2 Å². The molecule has 4 amide bonds. The van der Waals surface area contributed by atoms with Crippen molar-refractivity contribution in [3.05, 3.63) is 29.8 Å². The molecule has 0 aliphatic carbocycles. The topological polar surface area (TPSA) is 240 Å². The molecule has 38 heavy (non-hydrogen) atoms. The van der Waals surface area contributed by atoms with Gasteiger partial charge in [0.2, 0.25) is 23.6 Å². The second-order valence-corrected chi connectivity index (χ2v) is 9.72. The van der Waals surface area contributed by atoms with Gasteiger partial charge in [-0.1, -0.05) is 12.1 Å². The number of carbonyl (C=O) groups excluding carboxylic acids is 4. The zero-order valence-corrected chi connectivity index (χ0v) is 22.2. The van der Waals surface area contributed by atoms with Crippen molar-refractivity contribution in [1.82, 2.24) is 16.0 Å². The van der Waals surface area contributed by atoms with Crippen LogP contribution in [0.3, 0.4) is 0 Å². The number of aromatic hydroxyl groups is 1. The van der Waals surface area contributed by atoms with Crippen LogP contribution in [0.2, 0.25) is 0 Å². The van der Waals surface area contributed by atoms with Gasteiger partial charge in [-0.3, -0.25) is 19.2 Å². The lowest BCUT2D eigenvalue weighted by atomic mass is 10.0. The summed E-state index contributed by atoms with van der Waals surface area (Å²) < 4.78 is 0. The number of phenolic OH excluding ortho intramolecular Hbond substituents is 1. The quantitative estimate of drug-likeness (QED) is 0.0982. The number of carbonyl (C=O) groups is 5. The van der Waals surface area contributed by atoms with Gasteiger partial charge in [-0.05, 0) is 61.9 Å². The van der Waals surface area contributed by atoms with Gasteiger partial charge >= 0.3 is 5.97 Å². The number of benzene rings is 1. The van der Waals surface area contributed by atoms with Crippen LogP contribution in [-0.4, -0.2) is 82.5 Å². The highest BCUT2D eigenvalue weighted by atomic mass is 32.2. The van der Waals surface area contributed by atoms with Crippen LogP contribution < -0.4 is 33.2 Å². The minimum absolute atomic E-state index is 0.0195. The second-order valence-electron chi connectivity index (χ2n) is 8.74. The lowest BCUT2D eigenvalue weighted by Crippen LogP contribution is -2.57. The third-order valence-corrected chi connectivity index (χ3v) is 6.22. The molecule has 14 heteroatoms. The smallest absolute Gasteiger partial charge is 0.326 e. The van der Waals surface area contributed by atoms with Gasteiger partial charge in [0.05, 0.1) is 12.5 Å². The molecule has 0 radical (unpaired) electrons. The Balaban J connectivity index is 3.01. The van der Waals surface area contributed by atoms with Crippen LogP contribution >= 0.6 is 11.8 Å². The maximum Gasteiger partial charge on any atom is 0.326 e. The van der Waals surface area contributed by atoms with E-state index in [9.17, 15) is 34.2 Å². The van der Waals surface area contributed by atoms with E-state index in [-0.39, 0.29) is 25.0 Å². The molecule has 212 valence electrons. The molecular formula is C24H38N6O7S. The number of amides is 4. The summed E-state index contributed by atoms with van der Waals surface area (Å²) in [6.45, 7) is 0.366. The Kier molecular flexibility index (Phi) is 14.8. The number of unbranched alkanes of at least 4 members (excludes halogenated alkanes) is 1. The van der Waals surface area contributed by atoms with E-state index in [4.69, 9.17) is 17.2 Å². The number of nitrogens with two attached hydrogens (primary N) is 3. The average molecular weight is 555 g/mol. The monoisotopic (exact) mass is 554 g/mol. The van der Waals surface area contributed by atoms with Crippen molar-refractivity contribution in [3.8, 4) is 5.75 Å². The lowest BCUT2D eigenvalue weighted by Gasteiger charge is -2.25. The number of rotatable bonds is 18. The lowest BCUT2D eigenvalue weighted by molar-refractivity contribution is -0.142. The summed E-state index contributed by atoms with van der Waals surface area (Å²) in [5, 5.41) is 26.7. The largest absolute Gasteiger partial charge is 0.508 e. The molecule has 0 spiro atoms. The van der Waals surface area contributed by atoms with Crippen LogP contribution in [0.5, 0.6) is 5.75 Å². The van der Waals surface area contributed by atoms with Crippen LogP contribution in [0.25, 0.3) is 0 Å². The van der Waals surface area contributed by atoms with E-state index in [1.807, 2.05) is 6.26 Å². The number of carboxylic acids is 1. The van der Waals surface area contributed by atoms with E-state index in [0.717, 1.165) is 0 Å². The summed E-state index contributed by atoms with van der Waals surface area (Å²) in [7, 11) is 0. The summed E-state index contributed by atoms with van der Waals surface area (Å²) >= 11 is 1.44. The fraction of sp³-hybridized carbons (Fsp3) is 0.542. The number of hydrogen-bond donors (Lipinski definition) is 8. The summed E-state index contributed by atoms with van der Waals surface area (Å²) in [6, 6.07) is 1.22. The Bertz CT molecular complexity index is 947. The highest BCUT2D eigenvalue weighted by molar-refractivity contribution is 7.98. The Labute approximate surface area is 225 Å². The summed E-state index contributed by atoms with van der Waals surface area (Å²) in [5.74, 6) is -3.62. The predicted octanol–water partition coefficient (Wildman–Crippen LogP) is -1.44. The Hall–Kier alpha value is -3.36. The van der Waals surface area contributed by atoms with Gasteiger partial charge in [-0.25, -0.2) is 4.79 Å². The molecule has 0 aliphatic heterocycles. The van der Waals surface area contributed by atoms with Crippen molar-refractivity contribution < 1.29 is 34.2 Å². The molecule has 0 fully saturated rings. The number of aliphatic carboxylic acids is 1. The van der Waals surface area contributed by atoms with Gasteiger partial charge in [0.25, 0.3) is 0 Å². The zero-order chi connectivity index (χ0) is 28.7. The van der Waals surface area contributed by atoms with E-state index in [2.05, 4.69) is 16.0 Å².